The Kier molecular flexibility index (Phi) is 6.64. The first-order valence-corrected chi connectivity index (χ1v) is 9.71. The number of aromatic nitrogens is 1. The van der Waals surface area contributed by atoms with Crippen LogP contribution in [0.4, 0.5) is 5.69 Å². The molecule has 3 N–H and O–H groups in total. The summed E-state index contributed by atoms with van der Waals surface area (Å²) in [7, 11) is 1.92. The summed E-state index contributed by atoms with van der Waals surface area (Å²) in [6, 6.07) is 12.5. The molecular formula is C26H27N3. The minimum absolute atomic E-state index is 0.859. The molecule has 3 rings (SSSR count). The van der Waals surface area contributed by atoms with Crippen molar-refractivity contribution in [1.82, 2.24) is 4.98 Å². The van der Waals surface area contributed by atoms with E-state index in [4.69, 9.17) is 10.7 Å². The minimum Gasteiger partial charge on any atom is -0.405 e. The zero-order valence-corrected chi connectivity index (χ0v) is 17.0. The highest BCUT2D eigenvalue weighted by Gasteiger charge is 2.11. The molecule has 1 aliphatic carbocycles. The van der Waals surface area contributed by atoms with E-state index >= 15 is 0 Å². The molecule has 29 heavy (non-hydrogen) atoms. The maximum absolute atomic E-state index is 5.68. The van der Waals surface area contributed by atoms with Gasteiger partial charge in [-0.05, 0) is 61.0 Å². The number of anilines is 1. The molecule has 0 unspecified atom stereocenters. The fourth-order valence-corrected chi connectivity index (χ4v) is 3.23. The summed E-state index contributed by atoms with van der Waals surface area (Å²) in [4.78, 5) is 4.93. The number of nitrogens with two attached hydrogens (primary N) is 1. The van der Waals surface area contributed by atoms with E-state index in [9.17, 15) is 0 Å². The lowest BCUT2D eigenvalue weighted by atomic mass is 9.98. The Labute approximate surface area is 173 Å². The van der Waals surface area contributed by atoms with E-state index in [1.807, 2.05) is 31.3 Å². The van der Waals surface area contributed by atoms with Crippen molar-refractivity contribution in [1.29, 1.82) is 0 Å². The smallest absolute Gasteiger partial charge is 0.0716 e. The number of allylic oxidation sites excluding steroid dienone is 10. The molecule has 1 aromatic carbocycles. The SMILES string of the molecule is C=C/C=C(\C=C\N)c1cc(C2=CCC=C(C)C=C2)cc(-c2cccc(NC)c2)n1. The number of nitrogens with one attached hydrogen (secondary N) is 1. The summed E-state index contributed by atoms with van der Waals surface area (Å²) >= 11 is 0. The topological polar surface area (TPSA) is 50.9 Å². The van der Waals surface area contributed by atoms with E-state index in [0.29, 0.717) is 0 Å². The summed E-state index contributed by atoms with van der Waals surface area (Å²) in [6.07, 6.45) is 16.8. The average molecular weight is 382 g/mol. The first-order valence-electron chi connectivity index (χ1n) is 9.71. The summed E-state index contributed by atoms with van der Waals surface area (Å²) in [6.45, 7) is 5.95. The van der Waals surface area contributed by atoms with Gasteiger partial charge >= 0.3 is 0 Å². The molecule has 0 saturated heterocycles. The standard InChI is InChI=1S/C26H27N3/c1-4-7-21(14-15-27)25-17-23(20-9-5-8-19(2)12-13-20)18-26(29-25)22-10-6-11-24(16-22)28-3/h4,6-18,28H,1,5,27H2,2-3H3/b15-14+,21-7+. The van der Waals surface area contributed by atoms with Crippen molar-refractivity contribution >= 4 is 16.8 Å². The first-order chi connectivity index (χ1) is 14.1. The van der Waals surface area contributed by atoms with Crippen LogP contribution in [0.2, 0.25) is 0 Å². The van der Waals surface area contributed by atoms with Crippen LogP contribution in [0.5, 0.6) is 0 Å². The van der Waals surface area contributed by atoms with Crippen molar-refractivity contribution < 1.29 is 0 Å². The van der Waals surface area contributed by atoms with E-state index in [1.165, 1.54) is 17.3 Å². The lowest BCUT2D eigenvalue weighted by molar-refractivity contribution is 1.27. The van der Waals surface area contributed by atoms with Gasteiger partial charge in [0, 0.05) is 23.9 Å². The maximum Gasteiger partial charge on any atom is 0.0716 e. The third-order valence-corrected chi connectivity index (χ3v) is 4.78. The minimum atomic E-state index is 0.859. The van der Waals surface area contributed by atoms with Crippen LogP contribution in [-0.4, -0.2) is 12.0 Å². The molecule has 0 atom stereocenters. The lowest BCUT2D eigenvalue weighted by Gasteiger charge is -2.12. The van der Waals surface area contributed by atoms with Crippen LogP contribution in [-0.2, 0) is 0 Å². The molecule has 3 heteroatoms. The highest BCUT2D eigenvalue weighted by atomic mass is 14.8. The Balaban J connectivity index is 2.19. The largest absolute Gasteiger partial charge is 0.405 e. The van der Waals surface area contributed by atoms with Gasteiger partial charge in [0.1, 0.15) is 0 Å². The monoisotopic (exact) mass is 381 g/mol. The lowest BCUT2D eigenvalue weighted by Crippen LogP contribution is -1.96. The van der Waals surface area contributed by atoms with Gasteiger partial charge in [0.25, 0.3) is 0 Å². The number of benzene rings is 1. The Bertz CT molecular complexity index is 1050. The van der Waals surface area contributed by atoms with E-state index in [2.05, 4.69) is 67.4 Å². The molecular weight excluding hydrogens is 354 g/mol. The molecule has 0 spiro atoms. The number of hydrogen-bond donors (Lipinski definition) is 2. The Hall–Kier alpha value is -3.59. The van der Waals surface area contributed by atoms with Crippen molar-refractivity contribution in [3.8, 4) is 11.3 Å². The number of hydrogen-bond acceptors (Lipinski definition) is 3. The molecule has 0 bridgehead atoms. The van der Waals surface area contributed by atoms with Crippen molar-refractivity contribution in [2.24, 2.45) is 5.73 Å². The Morgan fingerprint density at radius 3 is 2.76 bits per heavy atom. The molecule has 1 aliphatic rings. The first kappa shape index (κ1) is 20.2. The quantitative estimate of drug-likeness (QED) is 0.593. The van der Waals surface area contributed by atoms with Crippen LogP contribution in [0.25, 0.3) is 22.4 Å². The van der Waals surface area contributed by atoms with Crippen molar-refractivity contribution in [2.45, 2.75) is 13.3 Å². The zero-order valence-electron chi connectivity index (χ0n) is 17.0. The Morgan fingerprint density at radius 2 is 2.00 bits per heavy atom. The van der Waals surface area contributed by atoms with Crippen LogP contribution in [0.1, 0.15) is 24.6 Å². The van der Waals surface area contributed by atoms with Gasteiger partial charge < -0.3 is 11.1 Å². The van der Waals surface area contributed by atoms with Gasteiger partial charge in [0.15, 0.2) is 0 Å². The van der Waals surface area contributed by atoms with E-state index in [1.54, 1.807) is 6.08 Å². The molecule has 0 radical (unpaired) electrons. The molecule has 2 aromatic rings. The Morgan fingerprint density at radius 1 is 1.14 bits per heavy atom. The van der Waals surface area contributed by atoms with Gasteiger partial charge in [-0.15, -0.1) is 0 Å². The second-order valence-corrected chi connectivity index (χ2v) is 6.85. The van der Waals surface area contributed by atoms with Crippen LogP contribution >= 0.6 is 0 Å². The summed E-state index contributed by atoms with van der Waals surface area (Å²) in [5, 5.41) is 3.20. The van der Waals surface area contributed by atoms with Gasteiger partial charge in [0.05, 0.1) is 11.4 Å². The predicted octanol–water partition coefficient (Wildman–Crippen LogP) is 6.12. The molecule has 146 valence electrons. The van der Waals surface area contributed by atoms with Crippen molar-refractivity contribution in [2.75, 3.05) is 12.4 Å². The molecule has 0 saturated carbocycles. The average Bonchev–Trinajstić information content (AvgIpc) is 2.98. The van der Waals surface area contributed by atoms with E-state index in [-0.39, 0.29) is 0 Å². The van der Waals surface area contributed by atoms with Crippen LogP contribution in [0.15, 0.2) is 97.3 Å². The number of pyridine rings is 1. The van der Waals surface area contributed by atoms with Crippen molar-refractivity contribution in [3.63, 3.8) is 0 Å². The molecule has 1 aromatic heterocycles. The third-order valence-electron chi connectivity index (χ3n) is 4.78. The van der Waals surface area contributed by atoms with Crippen LogP contribution < -0.4 is 11.1 Å². The fraction of sp³-hybridized carbons (Fsp3) is 0.115. The van der Waals surface area contributed by atoms with Crippen LogP contribution in [0.3, 0.4) is 0 Å². The highest BCUT2D eigenvalue weighted by Crippen LogP contribution is 2.29. The van der Waals surface area contributed by atoms with Crippen LogP contribution in [0, 0.1) is 0 Å². The molecule has 3 nitrogen and oxygen atoms in total. The summed E-state index contributed by atoms with van der Waals surface area (Å²) in [5.41, 5.74) is 14.1. The third kappa shape index (κ3) is 5.02. The number of nitrogens with zero attached hydrogens (tertiary/aromatic N) is 1. The van der Waals surface area contributed by atoms with Gasteiger partial charge in [0.2, 0.25) is 0 Å². The van der Waals surface area contributed by atoms with Gasteiger partial charge in [-0.1, -0.05) is 60.7 Å². The molecule has 0 aliphatic heterocycles. The summed E-state index contributed by atoms with van der Waals surface area (Å²) in [5.74, 6) is 0. The molecule has 0 amide bonds. The predicted molar refractivity (Wildman–Crippen MR) is 126 cm³/mol. The highest BCUT2D eigenvalue weighted by molar-refractivity contribution is 5.82. The van der Waals surface area contributed by atoms with Gasteiger partial charge in [-0.25, -0.2) is 4.98 Å². The van der Waals surface area contributed by atoms with Crippen molar-refractivity contribution in [3.05, 3.63) is 109 Å². The second kappa shape index (κ2) is 9.56. The normalized spacial score (nSPS) is 14.3. The number of rotatable bonds is 6. The second-order valence-electron chi connectivity index (χ2n) is 6.85. The zero-order chi connectivity index (χ0) is 20.6. The van der Waals surface area contributed by atoms with Gasteiger partial charge in [-0.2, -0.15) is 0 Å². The maximum atomic E-state index is 5.68. The van der Waals surface area contributed by atoms with E-state index < -0.39 is 0 Å². The fourth-order valence-electron chi connectivity index (χ4n) is 3.23. The van der Waals surface area contributed by atoms with Gasteiger partial charge in [-0.3, -0.25) is 0 Å². The molecule has 0 fully saturated rings. The van der Waals surface area contributed by atoms with E-state index in [0.717, 1.165) is 40.2 Å². The summed E-state index contributed by atoms with van der Waals surface area (Å²) < 4.78 is 0. The molecule has 1 heterocycles.